The highest BCUT2D eigenvalue weighted by molar-refractivity contribution is 7.92. The fourth-order valence-corrected chi connectivity index (χ4v) is 3.41. The van der Waals surface area contributed by atoms with Crippen molar-refractivity contribution in [3.05, 3.63) is 29.6 Å². The minimum Gasteiger partial charge on any atom is -0.341 e. The largest absolute Gasteiger partial charge is 0.341 e. The van der Waals surface area contributed by atoms with Crippen LogP contribution in [0.25, 0.3) is 0 Å². The molecule has 0 saturated carbocycles. The Morgan fingerprint density at radius 2 is 1.79 bits per heavy atom. The second kappa shape index (κ2) is 7.00. The van der Waals surface area contributed by atoms with Gasteiger partial charge in [0.2, 0.25) is 15.9 Å². The maximum Gasteiger partial charge on any atom is 0.243 e. The molecule has 0 unspecified atom stereocenters. The van der Waals surface area contributed by atoms with E-state index in [1.165, 1.54) is 4.90 Å². The molecule has 2 rings (SSSR count). The number of piperidine rings is 1. The van der Waals surface area contributed by atoms with E-state index in [9.17, 15) is 26.4 Å². The molecule has 24 heavy (non-hydrogen) atoms. The predicted molar refractivity (Wildman–Crippen MR) is 83.5 cm³/mol. The van der Waals surface area contributed by atoms with Crippen LogP contribution in [0.4, 0.5) is 18.9 Å². The first-order valence-electron chi connectivity index (χ1n) is 7.50. The Kier molecular flexibility index (Phi) is 5.42. The van der Waals surface area contributed by atoms with Gasteiger partial charge in [-0.15, -0.1) is 0 Å². The van der Waals surface area contributed by atoms with Crippen LogP contribution in [0, 0.1) is 23.4 Å². The van der Waals surface area contributed by atoms with Crippen LogP contribution in [0.15, 0.2) is 12.1 Å². The van der Waals surface area contributed by atoms with Crippen molar-refractivity contribution in [3.63, 3.8) is 0 Å². The lowest BCUT2D eigenvalue weighted by Crippen LogP contribution is -2.45. The lowest BCUT2D eigenvalue weighted by Gasteiger charge is -2.32. The molecule has 1 heterocycles. The van der Waals surface area contributed by atoms with Gasteiger partial charge in [-0.1, -0.05) is 6.92 Å². The number of nitrogens with zero attached hydrogens (tertiary/aromatic N) is 2. The summed E-state index contributed by atoms with van der Waals surface area (Å²) in [5.41, 5.74) is -0.685. The van der Waals surface area contributed by atoms with E-state index in [4.69, 9.17) is 0 Å². The number of halogens is 3. The zero-order valence-corrected chi connectivity index (χ0v) is 14.2. The number of carbonyl (C=O) groups excluding carboxylic acids is 1. The Morgan fingerprint density at radius 3 is 2.33 bits per heavy atom. The van der Waals surface area contributed by atoms with Gasteiger partial charge >= 0.3 is 0 Å². The minimum absolute atomic E-state index is 0.464. The van der Waals surface area contributed by atoms with Crippen molar-refractivity contribution >= 4 is 21.6 Å². The number of hydrogen-bond donors (Lipinski definition) is 0. The molecule has 9 heteroatoms. The van der Waals surface area contributed by atoms with Crippen molar-refractivity contribution in [2.75, 3.05) is 30.2 Å². The van der Waals surface area contributed by atoms with Crippen LogP contribution < -0.4 is 4.31 Å². The number of anilines is 1. The molecule has 1 amide bonds. The molecule has 0 spiro atoms. The molecule has 5 nitrogen and oxygen atoms in total. The van der Waals surface area contributed by atoms with Crippen molar-refractivity contribution in [2.45, 2.75) is 19.8 Å². The summed E-state index contributed by atoms with van der Waals surface area (Å²) in [6, 6.07) is 1.43. The average molecular weight is 364 g/mol. The fourth-order valence-electron chi connectivity index (χ4n) is 2.57. The molecule has 1 fully saturated rings. The maximum atomic E-state index is 13.9. The van der Waals surface area contributed by atoms with Crippen molar-refractivity contribution in [1.82, 2.24) is 4.90 Å². The lowest BCUT2D eigenvalue weighted by molar-refractivity contribution is -0.130. The van der Waals surface area contributed by atoms with Gasteiger partial charge in [0.25, 0.3) is 0 Å². The third-order valence-corrected chi connectivity index (χ3v) is 5.23. The lowest BCUT2D eigenvalue weighted by atomic mass is 9.99. The van der Waals surface area contributed by atoms with Gasteiger partial charge in [0, 0.05) is 13.1 Å². The number of rotatable bonds is 4. The van der Waals surface area contributed by atoms with Gasteiger partial charge < -0.3 is 4.90 Å². The zero-order valence-electron chi connectivity index (χ0n) is 13.4. The summed E-state index contributed by atoms with van der Waals surface area (Å²) in [7, 11) is -4.06. The summed E-state index contributed by atoms with van der Waals surface area (Å²) >= 11 is 0. The first kappa shape index (κ1) is 18.6. The van der Waals surface area contributed by atoms with E-state index >= 15 is 0 Å². The normalized spacial score (nSPS) is 16.3. The fraction of sp³-hybridized carbons (Fsp3) is 0.533. The van der Waals surface area contributed by atoms with Gasteiger partial charge in [-0.3, -0.25) is 9.10 Å². The van der Waals surface area contributed by atoms with Gasteiger partial charge in [-0.25, -0.2) is 21.6 Å². The second-order valence-corrected chi connectivity index (χ2v) is 7.93. The first-order valence-corrected chi connectivity index (χ1v) is 9.35. The molecule has 1 aliphatic heterocycles. The van der Waals surface area contributed by atoms with E-state index in [1.54, 1.807) is 0 Å². The van der Waals surface area contributed by atoms with E-state index in [-0.39, 0.29) is 0 Å². The van der Waals surface area contributed by atoms with Crippen LogP contribution in [-0.2, 0) is 14.8 Å². The smallest absolute Gasteiger partial charge is 0.243 e. The Morgan fingerprint density at radius 1 is 1.21 bits per heavy atom. The first-order chi connectivity index (χ1) is 11.1. The SMILES string of the molecule is CC1CCN(C(=O)CN(c2ccc(F)c(F)c2F)S(C)(=O)=O)CC1. The van der Waals surface area contributed by atoms with Gasteiger partial charge in [0.1, 0.15) is 6.54 Å². The van der Waals surface area contributed by atoms with Crippen LogP contribution in [0.5, 0.6) is 0 Å². The van der Waals surface area contributed by atoms with Crippen LogP contribution >= 0.6 is 0 Å². The molecule has 0 aromatic heterocycles. The quantitative estimate of drug-likeness (QED) is 0.769. The molecule has 1 aromatic rings. The Bertz CT molecular complexity index is 732. The molecule has 134 valence electrons. The topological polar surface area (TPSA) is 57.7 Å². The zero-order chi connectivity index (χ0) is 18.1. The van der Waals surface area contributed by atoms with Crippen molar-refractivity contribution < 1.29 is 26.4 Å². The highest BCUT2D eigenvalue weighted by Crippen LogP contribution is 2.26. The van der Waals surface area contributed by atoms with Crippen molar-refractivity contribution in [1.29, 1.82) is 0 Å². The van der Waals surface area contributed by atoms with Crippen LogP contribution in [0.1, 0.15) is 19.8 Å². The summed E-state index contributed by atoms with van der Waals surface area (Å²) < 4.78 is 64.7. The van der Waals surface area contributed by atoms with Crippen LogP contribution in [-0.4, -0.2) is 45.1 Å². The van der Waals surface area contributed by atoms with Crippen LogP contribution in [0.3, 0.4) is 0 Å². The molecule has 0 N–H and O–H groups in total. The minimum atomic E-state index is -4.06. The van der Waals surface area contributed by atoms with Gasteiger partial charge in [0.05, 0.1) is 11.9 Å². The Hall–Kier alpha value is -1.77. The highest BCUT2D eigenvalue weighted by atomic mass is 32.2. The molecule has 0 aliphatic carbocycles. The van der Waals surface area contributed by atoms with E-state index in [0.29, 0.717) is 29.4 Å². The van der Waals surface area contributed by atoms with Gasteiger partial charge in [-0.05, 0) is 30.9 Å². The molecule has 1 aliphatic rings. The Labute approximate surface area is 139 Å². The third-order valence-electron chi connectivity index (χ3n) is 4.10. The number of carbonyl (C=O) groups is 1. The van der Waals surface area contributed by atoms with E-state index in [2.05, 4.69) is 6.92 Å². The van der Waals surface area contributed by atoms with E-state index < -0.39 is 45.6 Å². The third kappa shape index (κ3) is 4.00. The predicted octanol–water partition coefficient (Wildman–Crippen LogP) is 2.13. The number of hydrogen-bond acceptors (Lipinski definition) is 3. The molecule has 1 saturated heterocycles. The van der Waals surface area contributed by atoms with E-state index in [0.717, 1.165) is 25.2 Å². The molecule has 1 aromatic carbocycles. The molecular formula is C15H19F3N2O3S. The number of amides is 1. The average Bonchev–Trinajstić information content (AvgIpc) is 2.50. The molecule has 0 bridgehead atoms. The molecule has 0 radical (unpaired) electrons. The highest BCUT2D eigenvalue weighted by Gasteiger charge is 2.29. The second-order valence-electron chi connectivity index (χ2n) is 6.03. The number of likely N-dealkylation sites (tertiary alicyclic amines) is 1. The van der Waals surface area contributed by atoms with Gasteiger partial charge in [0.15, 0.2) is 17.5 Å². The maximum absolute atomic E-state index is 13.9. The van der Waals surface area contributed by atoms with Gasteiger partial charge in [-0.2, -0.15) is 0 Å². The summed E-state index contributed by atoms with van der Waals surface area (Å²) in [6.07, 6.45) is 2.37. The summed E-state index contributed by atoms with van der Waals surface area (Å²) in [5, 5.41) is 0. The monoisotopic (exact) mass is 364 g/mol. The molecule has 0 atom stereocenters. The summed E-state index contributed by atoms with van der Waals surface area (Å²) in [4.78, 5) is 13.8. The van der Waals surface area contributed by atoms with E-state index in [1.807, 2.05) is 0 Å². The Balaban J connectivity index is 2.28. The molecular weight excluding hydrogens is 345 g/mol. The van der Waals surface area contributed by atoms with Crippen molar-refractivity contribution in [2.24, 2.45) is 5.92 Å². The summed E-state index contributed by atoms with van der Waals surface area (Å²) in [5.74, 6) is -4.87. The number of benzene rings is 1. The summed E-state index contributed by atoms with van der Waals surface area (Å²) in [6.45, 7) is 2.37. The van der Waals surface area contributed by atoms with Crippen LogP contribution in [0.2, 0.25) is 0 Å². The number of sulfonamides is 1. The standard InChI is InChI=1S/C15H19F3N2O3S/c1-10-5-7-19(8-6-10)13(21)9-20(24(2,22)23)12-4-3-11(16)14(17)15(12)18/h3-4,10H,5-9H2,1-2H3. The van der Waals surface area contributed by atoms with Crippen molar-refractivity contribution in [3.8, 4) is 0 Å².